The molecule has 2 unspecified atom stereocenters. The van der Waals surface area contributed by atoms with Crippen LogP contribution < -0.4 is 0 Å². The first-order chi connectivity index (χ1) is 13.1. The fraction of sp³-hybridized carbons (Fsp3) is 0.636. The maximum absolute atomic E-state index is 12.8. The highest BCUT2D eigenvalue weighted by atomic mass is 16.7. The molecule has 1 aromatic rings. The molecule has 2 amide bonds. The molecule has 1 fully saturated rings. The van der Waals surface area contributed by atoms with Crippen molar-refractivity contribution in [2.45, 2.75) is 52.4 Å². The van der Waals surface area contributed by atoms with Crippen LogP contribution in [0.3, 0.4) is 0 Å². The summed E-state index contributed by atoms with van der Waals surface area (Å²) in [4.78, 5) is 26.9. The number of carbonyl (C=O) groups is 2. The summed E-state index contributed by atoms with van der Waals surface area (Å²) in [5, 5.41) is 0. The van der Waals surface area contributed by atoms with Crippen LogP contribution in [-0.2, 0) is 14.2 Å². The van der Waals surface area contributed by atoms with Crippen LogP contribution in [0, 0.1) is 11.8 Å². The number of fused-ring (bicyclic) bond motifs is 1. The van der Waals surface area contributed by atoms with Crippen molar-refractivity contribution >= 4 is 11.8 Å². The van der Waals surface area contributed by atoms with Crippen molar-refractivity contribution in [3.05, 3.63) is 35.4 Å². The Bertz CT molecular complexity index is 698. The molecule has 2 aliphatic heterocycles. The third-order valence-electron chi connectivity index (χ3n) is 5.37. The molecule has 1 aromatic carbocycles. The van der Waals surface area contributed by atoms with E-state index in [-0.39, 0.29) is 35.8 Å². The third-order valence-corrected chi connectivity index (χ3v) is 5.37. The Kier molecular flexibility index (Phi) is 5.94. The summed E-state index contributed by atoms with van der Waals surface area (Å²) in [6, 6.07) is 6.96. The Balaban J connectivity index is 1.75. The number of rotatable bonds is 7. The van der Waals surface area contributed by atoms with Gasteiger partial charge in [-0.2, -0.15) is 0 Å². The number of hydrogen-bond donors (Lipinski definition) is 0. The molecule has 1 saturated heterocycles. The molecule has 6 nitrogen and oxygen atoms in total. The van der Waals surface area contributed by atoms with Gasteiger partial charge in [0.1, 0.15) is 0 Å². The van der Waals surface area contributed by atoms with Crippen LogP contribution in [0.1, 0.15) is 61.8 Å². The van der Waals surface area contributed by atoms with Gasteiger partial charge < -0.3 is 14.2 Å². The van der Waals surface area contributed by atoms with Crippen molar-refractivity contribution in [3.63, 3.8) is 0 Å². The quantitative estimate of drug-likeness (QED) is 0.668. The number of nitrogens with zero attached hydrogens (tertiary/aromatic N) is 1. The van der Waals surface area contributed by atoms with E-state index < -0.39 is 5.79 Å². The number of ether oxygens (including phenoxy) is 3. The zero-order valence-electron chi connectivity index (χ0n) is 17.5. The summed E-state index contributed by atoms with van der Waals surface area (Å²) in [7, 11) is 0. The smallest absolute Gasteiger partial charge is 0.261 e. The topological polar surface area (TPSA) is 65.1 Å². The Labute approximate surface area is 167 Å². The molecule has 2 atom stereocenters. The summed E-state index contributed by atoms with van der Waals surface area (Å²) in [6.07, 6.45) is 0.722. The molecule has 0 aromatic heterocycles. The zero-order chi connectivity index (χ0) is 20.5. The maximum Gasteiger partial charge on any atom is 0.261 e. The molecule has 0 aliphatic carbocycles. The van der Waals surface area contributed by atoms with Gasteiger partial charge in [-0.3, -0.25) is 14.5 Å². The second-order valence-electron chi connectivity index (χ2n) is 8.94. The lowest BCUT2D eigenvalue weighted by molar-refractivity contribution is -0.188. The molecule has 6 heteroatoms. The Morgan fingerprint density at radius 1 is 1.11 bits per heavy atom. The van der Waals surface area contributed by atoms with E-state index in [4.69, 9.17) is 14.2 Å². The summed E-state index contributed by atoms with van der Waals surface area (Å²) in [5.41, 5.74) is 0.721. The minimum atomic E-state index is -0.814. The SMILES string of the molecule is CC(COC(C)(C)C)CC(CN1C(=O)c2ccccc2C1=O)C1(C)OCCO1. The van der Waals surface area contributed by atoms with Crippen LogP contribution in [0.4, 0.5) is 0 Å². The molecule has 0 saturated carbocycles. The van der Waals surface area contributed by atoms with Gasteiger partial charge in [0.2, 0.25) is 0 Å². The Hall–Kier alpha value is -1.76. The summed E-state index contributed by atoms with van der Waals surface area (Å²) < 4.78 is 17.7. The normalized spacial score (nSPS) is 21.1. The zero-order valence-corrected chi connectivity index (χ0v) is 17.5. The molecule has 3 rings (SSSR count). The van der Waals surface area contributed by atoms with Crippen LogP contribution in [0.15, 0.2) is 24.3 Å². The first-order valence-electron chi connectivity index (χ1n) is 9.98. The van der Waals surface area contributed by atoms with Crippen LogP contribution in [0.5, 0.6) is 0 Å². The number of benzene rings is 1. The van der Waals surface area contributed by atoms with Crippen LogP contribution >= 0.6 is 0 Å². The highest BCUT2D eigenvalue weighted by molar-refractivity contribution is 6.21. The van der Waals surface area contributed by atoms with Crippen molar-refractivity contribution < 1.29 is 23.8 Å². The fourth-order valence-electron chi connectivity index (χ4n) is 3.79. The Morgan fingerprint density at radius 2 is 1.64 bits per heavy atom. The molecular weight excluding hydrogens is 358 g/mol. The second kappa shape index (κ2) is 7.93. The van der Waals surface area contributed by atoms with Gasteiger partial charge in [-0.05, 0) is 52.2 Å². The van der Waals surface area contributed by atoms with Gasteiger partial charge in [-0.25, -0.2) is 0 Å². The molecule has 154 valence electrons. The van der Waals surface area contributed by atoms with E-state index in [0.717, 1.165) is 6.42 Å². The number of imide groups is 1. The van der Waals surface area contributed by atoms with E-state index in [2.05, 4.69) is 6.92 Å². The van der Waals surface area contributed by atoms with E-state index in [0.29, 0.717) is 30.9 Å². The molecule has 2 aliphatic rings. The minimum absolute atomic E-state index is 0.143. The van der Waals surface area contributed by atoms with Crippen molar-refractivity contribution in [2.24, 2.45) is 11.8 Å². The monoisotopic (exact) mass is 389 g/mol. The van der Waals surface area contributed by atoms with Gasteiger partial charge in [-0.1, -0.05) is 19.1 Å². The van der Waals surface area contributed by atoms with E-state index >= 15 is 0 Å². The average molecular weight is 389 g/mol. The van der Waals surface area contributed by atoms with Crippen LogP contribution in [-0.4, -0.2) is 54.5 Å². The first kappa shape index (κ1) is 21.0. The molecule has 0 spiro atoms. The van der Waals surface area contributed by atoms with E-state index in [1.54, 1.807) is 24.3 Å². The lowest BCUT2D eigenvalue weighted by Crippen LogP contribution is -2.46. The first-order valence-corrected chi connectivity index (χ1v) is 9.98. The largest absolute Gasteiger partial charge is 0.376 e. The van der Waals surface area contributed by atoms with Gasteiger partial charge in [0, 0.05) is 19.1 Å². The molecule has 28 heavy (non-hydrogen) atoms. The van der Waals surface area contributed by atoms with E-state index in [1.807, 2.05) is 27.7 Å². The van der Waals surface area contributed by atoms with Crippen molar-refractivity contribution in [1.29, 1.82) is 0 Å². The maximum atomic E-state index is 12.8. The lowest BCUT2D eigenvalue weighted by atomic mass is 9.89. The van der Waals surface area contributed by atoms with Gasteiger partial charge in [-0.15, -0.1) is 0 Å². The summed E-state index contributed by atoms with van der Waals surface area (Å²) in [6.45, 7) is 12.0. The highest BCUT2D eigenvalue weighted by Crippen LogP contribution is 2.35. The lowest BCUT2D eigenvalue weighted by Gasteiger charge is -2.36. The van der Waals surface area contributed by atoms with Crippen molar-refractivity contribution in [2.75, 3.05) is 26.4 Å². The molecular formula is C22H31NO5. The number of carbonyl (C=O) groups excluding carboxylic acids is 2. The van der Waals surface area contributed by atoms with Crippen LogP contribution in [0.2, 0.25) is 0 Å². The predicted octanol–water partition coefficient (Wildman–Crippen LogP) is 3.50. The van der Waals surface area contributed by atoms with Gasteiger partial charge in [0.15, 0.2) is 5.79 Å². The van der Waals surface area contributed by atoms with Gasteiger partial charge >= 0.3 is 0 Å². The van der Waals surface area contributed by atoms with Gasteiger partial charge in [0.05, 0.1) is 29.9 Å². The minimum Gasteiger partial charge on any atom is -0.376 e. The Morgan fingerprint density at radius 3 is 2.14 bits per heavy atom. The molecule has 0 bridgehead atoms. The number of amides is 2. The third kappa shape index (κ3) is 4.45. The summed E-state index contributed by atoms with van der Waals surface area (Å²) in [5.74, 6) is -1.22. The standard InChI is InChI=1S/C22H31NO5/c1-15(14-28-21(2,3)4)12-16(22(5)26-10-11-27-22)13-23-19(24)17-8-6-7-9-18(17)20(23)25/h6-9,15-16H,10-14H2,1-5H3. The number of hydrogen-bond acceptors (Lipinski definition) is 5. The fourth-order valence-corrected chi connectivity index (χ4v) is 3.79. The van der Waals surface area contributed by atoms with Crippen molar-refractivity contribution in [3.8, 4) is 0 Å². The van der Waals surface area contributed by atoms with Crippen LogP contribution in [0.25, 0.3) is 0 Å². The molecule has 2 heterocycles. The van der Waals surface area contributed by atoms with Crippen molar-refractivity contribution in [1.82, 2.24) is 4.90 Å². The molecule has 0 radical (unpaired) electrons. The molecule has 0 N–H and O–H groups in total. The van der Waals surface area contributed by atoms with E-state index in [1.165, 1.54) is 4.90 Å². The highest BCUT2D eigenvalue weighted by Gasteiger charge is 2.45. The summed E-state index contributed by atoms with van der Waals surface area (Å²) >= 11 is 0. The second-order valence-corrected chi connectivity index (χ2v) is 8.94. The average Bonchev–Trinajstić information content (AvgIpc) is 3.18. The van der Waals surface area contributed by atoms with Gasteiger partial charge in [0.25, 0.3) is 11.8 Å². The predicted molar refractivity (Wildman–Crippen MR) is 105 cm³/mol. The van der Waals surface area contributed by atoms with E-state index in [9.17, 15) is 9.59 Å².